The fourth-order valence-corrected chi connectivity index (χ4v) is 3.93. The SMILES string of the molecule is Cn1c(=O)[nH]c2c(CC(C)(C)C)cc(C3CCC(C)(C)C(N)C3)nc21. The maximum Gasteiger partial charge on any atom is 0.327 e. The summed E-state index contributed by atoms with van der Waals surface area (Å²) in [6, 6.07) is 2.39. The molecule has 2 unspecified atom stereocenters. The van der Waals surface area contributed by atoms with Gasteiger partial charge in [-0.3, -0.25) is 4.57 Å². The number of pyridine rings is 1. The molecule has 5 nitrogen and oxygen atoms in total. The fraction of sp³-hybridized carbons (Fsp3) is 0.700. The average molecular weight is 345 g/mol. The van der Waals surface area contributed by atoms with Gasteiger partial charge in [-0.05, 0) is 48.1 Å². The zero-order chi connectivity index (χ0) is 18.6. The number of H-pyrrole nitrogens is 1. The Labute approximate surface area is 150 Å². The van der Waals surface area contributed by atoms with Crippen LogP contribution in [-0.2, 0) is 13.5 Å². The summed E-state index contributed by atoms with van der Waals surface area (Å²) in [5.74, 6) is 0.371. The average Bonchev–Trinajstić information content (AvgIpc) is 2.77. The van der Waals surface area contributed by atoms with Gasteiger partial charge in [-0.25, -0.2) is 9.78 Å². The molecule has 1 aliphatic carbocycles. The van der Waals surface area contributed by atoms with Crippen molar-refractivity contribution in [2.45, 2.75) is 72.3 Å². The number of aromatic nitrogens is 3. The third-order valence-corrected chi connectivity index (χ3v) is 5.77. The summed E-state index contributed by atoms with van der Waals surface area (Å²) in [5.41, 5.74) is 10.6. The maximum atomic E-state index is 12.1. The molecule has 0 aromatic carbocycles. The van der Waals surface area contributed by atoms with Crippen molar-refractivity contribution in [3.63, 3.8) is 0 Å². The van der Waals surface area contributed by atoms with Gasteiger partial charge in [0.25, 0.3) is 0 Å². The van der Waals surface area contributed by atoms with Gasteiger partial charge in [0.05, 0.1) is 5.52 Å². The van der Waals surface area contributed by atoms with Crippen molar-refractivity contribution in [3.05, 3.63) is 27.8 Å². The van der Waals surface area contributed by atoms with Gasteiger partial charge < -0.3 is 10.7 Å². The number of aryl methyl sites for hydroxylation is 1. The highest BCUT2D eigenvalue weighted by molar-refractivity contribution is 5.75. The minimum Gasteiger partial charge on any atom is -0.327 e. The lowest BCUT2D eigenvalue weighted by Crippen LogP contribution is -2.42. The summed E-state index contributed by atoms with van der Waals surface area (Å²) >= 11 is 0. The van der Waals surface area contributed by atoms with E-state index in [1.54, 1.807) is 11.6 Å². The van der Waals surface area contributed by atoms with E-state index in [1.807, 2.05) is 0 Å². The Morgan fingerprint density at radius 1 is 1.40 bits per heavy atom. The number of nitrogens with two attached hydrogens (primary N) is 1. The predicted octanol–water partition coefficient (Wildman–Crippen LogP) is 3.47. The number of fused-ring (bicyclic) bond motifs is 1. The molecule has 0 bridgehead atoms. The lowest BCUT2D eigenvalue weighted by Gasteiger charge is -2.40. The van der Waals surface area contributed by atoms with E-state index < -0.39 is 0 Å². The Balaban J connectivity index is 2.07. The van der Waals surface area contributed by atoms with E-state index in [1.165, 1.54) is 5.56 Å². The van der Waals surface area contributed by atoms with Crippen molar-refractivity contribution in [3.8, 4) is 0 Å². The molecule has 2 heterocycles. The van der Waals surface area contributed by atoms with E-state index in [2.05, 4.69) is 45.7 Å². The number of hydrogen-bond acceptors (Lipinski definition) is 3. The zero-order valence-electron chi connectivity index (χ0n) is 16.4. The molecule has 1 aliphatic rings. The van der Waals surface area contributed by atoms with Gasteiger partial charge in [-0.2, -0.15) is 0 Å². The van der Waals surface area contributed by atoms with Crippen molar-refractivity contribution in [1.82, 2.24) is 14.5 Å². The van der Waals surface area contributed by atoms with E-state index in [9.17, 15) is 4.79 Å². The molecule has 2 atom stereocenters. The van der Waals surface area contributed by atoms with Crippen LogP contribution in [0, 0.1) is 10.8 Å². The van der Waals surface area contributed by atoms with Crippen molar-refractivity contribution >= 4 is 11.2 Å². The van der Waals surface area contributed by atoms with Gasteiger partial charge in [0.1, 0.15) is 0 Å². The second-order valence-electron chi connectivity index (χ2n) is 9.70. The van der Waals surface area contributed by atoms with E-state index in [-0.39, 0.29) is 22.6 Å². The fourth-order valence-electron chi connectivity index (χ4n) is 3.93. The smallest absolute Gasteiger partial charge is 0.327 e. The first-order valence-corrected chi connectivity index (χ1v) is 9.32. The van der Waals surface area contributed by atoms with Crippen LogP contribution in [0.2, 0.25) is 0 Å². The van der Waals surface area contributed by atoms with Crippen LogP contribution in [0.5, 0.6) is 0 Å². The van der Waals surface area contributed by atoms with Crippen LogP contribution >= 0.6 is 0 Å². The lowest BCUT2D eigenvalue weighted by molar-refractivity contribution is 0.183. The Morgan fingerprint density at radius 2 is 2.08 bits per heavy atom. The Hall–Kier alpha value is -1.62. The molecule has 25 heavy (non-hydrogen) atoms. The molecular weight excluding hydrogens is 312 g/mol. The van der Waals surface area contributed by atoms with Crippen LogP contribution in [0.1, 0.15) is 71.1 Å². The topological polar surface area (TPSA) is 76.7 Å². The summed E-state index contributed by atoms with van der Waals surface area (Å²) in [4.78, 5) is 20.0. The zero-order valence-corrected chi connectivity index (χ0v) is 16.4. The Morgan fingerprint density at radius 3 is 2.68 bits per heavy atom. The minimum atomic E-state index is -0.101. The Bertz CT molecular complexity index is 838. The largest absolute Gasteiger partial charge is 0.327 e. The first-order valence-electron chi connectivity index (χ1n) is 9.32. The number of hydrogen-bond donors (Lipinski definition) is 2. The molecule has 2 aromatic heterocycles. The third-order valence-electron chi connectivity index (χ3n) is 5.77. The van der Waals surface area contributed by atoms with Crippen LogP contribution in [-0.4, -0.2) is 20.6 Å². The van der Waals surface area contributed by atoms with Crippen LogP contribution in [0.3, 0.4) is 0 Å². The molecule has 0 spiro atoms. The Kier molecular flexibility index (Phi) is 4.34. The molecule has 0 radical (unpaired) electrons. The second kappa shape index (κ2) is 5.97. The molecule has 5 heteroatoms. The summed E-state index contributed by atoms with van der Waals surface area (Å²) < 4.78 is 1.62. The molecule has 0 amide bonds. The number of nitrogens with one attached hydrogen (secondary N) is 1. The molecule has 3 rings (SSSR count). The van der Waals surface area contributed by atoms with Gasteiger partial charge in [0, 0.05) is 24.7 Å². The molecule has 138 valence electrons. The number of rotatable bonds is 2. The summed E-state index contributed by atoms with van der Waals surface area (Å²) in [6.07, 6.45) is 4.08. The van der Waals surface area contributed by atoms with E-state index in [4.69, 9.17) is 10.7 Å². The summed E-state index contributed by atoms with van der Waals surface area (Å²) in [7, 11) is 1.79. The first-order chi connectivity index (χ1) is 11.5. The second-order valence-corrected chi connectivity index (χ2v) is 9.70. The standard InChI is InChI=1S/C20H32N4O/c1-19(2,3)11-13-9-14(12-7-8-20(4,5)15(21)10-12)22-17-16(13)23-18(25)24(17)6/h9,12,15H,7-8,10-11,21H2,1-6H3,(H,23,25). The normalized spacial score (nSPS) is 24.0. The van der Waals surface area contributed by atoms with Crippen LogP contribution in [0.25, 0.3) is 11.2 Å². The van der Waals surface area contributed by atoms with Gasteiger partial charge in [-0.15, -0.1) is 0 Å². The van der Waals surface area contributed by atoms with Gasteiger partial charge in [0.2, 0.25) is 0 Å². The van der Waals surface area contributed by atoms with Crippen LogP contribution in [0.4, 0.5) is 0 Å². The van der Waals surface area contributed by atoms with E-state index in [0.29, 0.717) is 5.92 Å². The van der Waals surface area contributed by atoms with Gasteiger partial charge >= 0.3 is 5.69 Å². The van der Waals surface area contributed by atoms with Crippen molar-refractivity contribution in [1.29, 1.82) is 0 Å². The molecule has 1 saturated carbocycles. The number of nitrogens with zero attached hydrogens (tertiary/aromatic N) is 2. The molecule has 1 fully saturated rings. The van der Waals surface area contributed by atoms with Crippen LogP contribution < -0.4 is 11.4 Å². The van der Waals surface area contributed by atoms with Crippen LogP contribution in [0.15, 0.2) is 10.9 Å². The van der Waals surface area contributed by atoms with E-state index >= 15 is 0 Å². The quantitative estimate of drug-likeness (QED) is 0.876. The molecule has 0 aliphatic heterocycles. The molecule has 2 aromatic rings. The highest BCUT2D eigenvalue weighted by Crippen LogP contribution is 2.42. The van der Waals surface area contributed by atoms with Crippen molar-refractivity contribution in [2.75, 3.05) is 0 Å². The number of aromatic amines is 1. The summed E-state index contributed by atoms with van der Waals surface area (Å²) in [6.45, 7) is 11.2. The highest BCUT2D eigenvalue weighted by atomic mass is 16.1. The first kappa shape index (κ1) is 18.2. The monoisotopic (exact) mass is 344 g/mol. The minimum absolute atomic E-state index is 0.101. The number of imidazole rings is 1. The molecule has 3 N–H and O–H groups in total. The van der Waals surface area contributed by atoms with Crippen molar-refractivity contribution < 1.29 is 0 Å². The predicted molar refractivity (Wildman–Crippen MR) is 103 cm³/mol. The van der Waals surface area contributed by atoms with Gasteiger partial charge in [-0.1, -0.05) is 34.6 Å². The molecule has 0 saturated heterocycles. The van der Waals surface area contributed by atoms with Gasteiger partial charge in [0.15, 0.2) is 5.65 Å². The highest BCUT2D eigenvalue weighted by Gasteiger charge is 2.35. The van der Waals surface area contributed by atoms with E-state index in [0.717, 1.165) is 42.5 Å². The molecular formula is C20H32N4O. The third kappa shape index (κ3) is 3.52. The van der Waals surface area contributed by atoms with Crippen molar-refractivity contribution in [2.24, 2.45) is 23.6 Å². The summed E-state index contributed by atoms with van der Waals surface area (Å²) in [5, 5.41) is 0. The lowest BCUT2D eigenvalue weighted by atomic mass is 9.69. The maximum absolute atomic E-state index is 12.1.